The fourth-order valence-electron chi connectivity index (χ4n) is 2.99. The first kappa shape index (κ1) is 15.0. The standard InChI is InChI=1S/C17H14F3N3O/c18-12-3-1-2-11(7-12)16(4-5-16)23-15(24)10-6-13-14(21-8-10)17(19,20)9-22-13/h1-3,6-8,22H,4-5,9H2,(H,23,24). The molecule has 0 atom stereocenters. The van der Waals surface area contributed by atoms with Crippen molar-refractivity contribution in [3.8, 4) is 0 Å². The van der Waals surface area contributed by atoms with Crippen molar-refractivity contribution in [2.75, 3.05) is 11.9 Å². The molecule has 4 nitrogen and oxygen atoms in total. The lowest BCUT2D eigenvalue weighted by Gasteiger charge is -2.18. The maximum atomic E-state index is 13.5. The molecule has 1 aliphatic heterocycles. The number of rotatable bonds is 3. The minimum atomic E-state index is -3.02. The third-order valence-electron chi connectivity index (χ3n) is 4.48. The van der Waals surface area contributed by atoms with Crippen LogP contribution in [-0.4, -0.2) is 17.4 Å². The van der Waals surface area contributed by atoms with E-state index in [1.54, 1.807) is 12.1 Å². The van der Waals surface area contributed by atoms with Crippen LogP contribution in [0.15, 0.2) is 36.5 Å². The number of nitrogens with one attached hydrogen (secondary N) is 2. The largest absolute Gasteiger partial charge is 0.377 e. The molecule has 1 aliphatic carbocycles. The zero-order valence-electron chi connectivity index (χ0n) is 12.6. The van der Waals surface area contributed by atoms with Gasteiger partial charge in [-0.15, -0.1) is 0 Å². The summed E-state index contributed by atoms with van der Waals surface area (Å²) in [6.07, 6.45) is 2.56. The lowest BCUT2D eigenvalue weighted by molar-refractivity contribution is 0.0142. The Bertz CT molecular complexity index is 834. The van der Waals surface area contributed by atoms with Crippen LogP contribution in [0.25, 0.3) is 0 Å². The molecule has 2 N–H and O–H groups in total. The molecular weight excluding hydrogens is 319 g/mol. The van der Waals surface area contributed by atoms with Gasteiger partial charge in [0.1, 0.15) is 11.5 Å². The number of hydrogen-bond donors (Lipinski definition) is 2. The highest BCUT2D eigenvalue weighted by Crippen LogP contribution is 2.46. The number of carbonyl (C=O) groups excluding carboxylic acids is 1. The number of hydrogen-bond acceptors (Lipinski definition) is 3. The van der Waals surface area contributed by atoms with E-state index in [1.165, 1.54) is 18.2 Å². The molecular formula is C17H14F3N3O. The van der Waals surface area contributed by atoms with E-state index in [-0.39, 0.29) is 22.8 Å². The quantitative estimate of drug-likeness (QED) is 0.907. The van der Waals surface area contributed by atoms with Gasteiger partial charge in [-0.3, -0.25) is 9.78 Å². The van der Waals surface area contributed by atoms with Gasteiger partial charge in [-0.25, -0.2) is 4.39 Å². The Morgan fingerprint density at radius 3 is 2.75 bits per heavy atom. The van der Waals surface area contributed by atoms with E-state index in [0.29, 0.717) is 18.4 Å². The van der Waals surface area contributed by atoms with Crippen LogP contribution in [-0.2, 0) is 11.5 Å². The molecule has 1 aromatic heterocycles. The van der Waals surface area contributed by atoms with Gasteiger partial charge in [0.25, 0.3) is 5.91 Å². The van der Waals surface area contributed by atoms with Crippen LogP contribution in [0.1, 0.15) is 34.5 Å². The Morgan fingerprint density at radius 2 is 2.04 bits per heavy atom. The molecule has 4 rings (SSSR count). The van der Waals surface area contributed by atoms with E-state index in [9.17, 15) is 18.0 Å². The average molecular weight is 333 g/mol. The number of benzene rings is 1. The van der Waals surface area contributed by atoms with Crippen molar-refractivity contribution < 1.29 is 18.0 Å². The highest BCUT2D eigenvalue weighted by molar-refractivity contribution is 5.96. The summed E-state index contributed by atoms with van der Waals surface area (Å²) in [5.74, 6) is -3.80. The Balaban J connectivity index is 1.57. The lowest BCUT2D eigenvalue weighted by Crippen LogP contribution is -2.35. The summed E-state index contributed by atoms with van der Waals surface area (Å²) >= 11 is 0. The first-order valence-electron chi connectivity index (χ1n) is 7.60. The van der Waals surface area contributed by atoms with E-state index in [1.807, 2.05) is 0 Å². The number of aromatic nitrogens is 1. The van der Waals surface area contributed by atoms with E-state index in [0.717, 1.165) is 6.20 Å². The van der Waals surface area contributed by atoms with Crippen LogP contribution in [0, 0.1) is 5.82 Å². The SMILES string of the molecule is O=C(NC1(c2cccc(F)c2)CC1)c1cnc2c(c1)NCC2(F)F. The second-order valence-electron chi connectivity index (χ2n) is 6.22. The van der Waals surface area contributed by atoms with Gasteiger partial charge < -0.3 is 10.6 Å². The zero-order valence-corrected chi connectivity index (χ0v) is 12.6. The summed E-state index contributed by atoms with van der Waals surface area (Å²) < 4.78 is 40.5. The monoisotopic (exact) mass is 333 g/mol. The Kier molecular flexibility index (Phi) is 3.10. The summed E-state index contributed by atoms with van der Waals surface area (Å²) in [5, 5.41) is 5.44. The van der Waals surface area contributed by atoms with Gasteiger partial charge in [0, 0.05) is 6.20 Å². The fraction of sp³-hybridized carbons (Fsp3) is 0.294. The number of amides is 1. The maximum Gasteiger partial charge on any atom is 0.308 e. The van der Waals surface area contributed by atoms with Gasteiger partial charge in [-0.2, -0.15) is 8.78 Å². The van der Waals surface area contributed by atoms with Crippen molar-refractivity contribution in [1.29, 1.82) is 0 Å². The molecule has 1 saturated carbocycles. The van der Waals surface area contributed by atoms with E-state index >= 15 is 0 Å². The van der Waals surface area contributed by atoms with E-state index in [4.69, 9.17) is 0 Å². The Morgan fingerprint density at radius 1 is 1.25 bits per heavy atom. The topological polar surface area (TPSA) is 54.0 Å². The number of fused-ring (bicyclic) bond motifs is 1. The fourth-order valence-corrected chi connectivity index (χ4v) is 2.99. The van der Waals surface area contributed by atoms with Gasteiger partial charge in [-0.05, 0) is 36.6 Å². The molecule has 0 saturated heterocycles. The van der Waals surface area contributed by atoms with Crippen molar-refractivity contribution in [3.63, 3.8) is 0 Å². The molecule has 24 heavy (non-hydrogen) atoms. The highest BCUT2D eigenvalue weighted by Gasteiger charge is 2.46. The molecule has 7 heteroatoms. The van der Waals surface area contributed by atoms with Crippen molar-refractivity contribution in [2.45, 2.75) is 24.3 Å². The van der Waals surface area contributed by atoms with Gasteiger partial charge in [0.05, 0.1) is 23.3 Å². The molecule has 2 aliphatic rings. The number of alkyl halides is 2. The van der Waals surface area contributed by atoms with Gasteiger partial charge in [-0.1, -0.05) is 12.1 Å². The summed E-state index contributed by atoms with van der Waals surface area (Å²) in [4.78, 5) is 16.2. The van der Waals surface area contributed by atoms with Crippen LogP contribution < -0.4 is 10.6 Å². The zero-order chi connectivity index (χ0) is 16.9. The molecule has 2 heterocycles. The predicted molar refractivity (Wildman–Crippen MR) is 81.4 cm³/mol. The molecule has 0 unspecified atom stereocenters. The Hall–Kier alpha value is -2.57. The van der Waals surface area contributed by atoms with Crippen LogP contribution >= 0.6 is 0 Å². The predicted octanol–water partition coefficient (Wildman–Crippen LogP) is 3.16. The van der Waals surface area contributed by atoms with Crippen LogP contribution in [0.3, 0.4) is 0 Å². The minimum absolute atomic E-state index is 0.170. The van der Waals surface area contributed by atoms with Crippen molar-refractivity contribution in [2.24, 2.45) is 0 Å². The number of pyridine rings is 1. The van der Waals surface area contributed by atoms with Crippen LogP contribution in [0.4, 0.5) is 18.9 Å². The van der Waals surface area contributed by atoms with E-state index in [2.05, 4.69) is 15.6 Å². The number of anilines is 1. The second-order valence-corrected chi connectivity index (χ2v) is 6.22. The number of halogens is 3. The first-order valence-corrected chi connectivity index (χ1v) is 7.60. The first-order chi connectivity index (χ1) is 11.4. The molecule has 1 amide bonds. The third kappa shape index (κ3) is 2.40. The van der Waals surface area contributed by atoms with Gasteiger partial charge in [0.2, 0.25) is 0 Å². The summed E-state index contributed by atoms with van der Waals surface area (Å²) in [7, 11) is 0. The van der Waals surface area contributed by atoms with E-state index < -0.39 is 23.9 Å². The van der Waals surface area contributed by atoms with Gasteiger partial charge >= 0.3 is 5.92 Å². The van der Waals surface area contributed by atoms with Gasteiger partial charge in [0.15, 0.2) is 0 Å². The smallest absolute Gasteiger partial charge is 0.308 e. The molecule has 0 spiro atoms. The lowest BCUT2D eigenvalue weighted by atomic mass is 10.0. The molecule has 124 valence electrons. The average Bonchev–Trinajstić information content (AvgIpc) is 3.27. The minimum Gasteiger partial charge on any atom is -0.377 e. The normalized spacial score (nSPS) is 19.3. The molecule has 0 radical (unpaired) electrons. The Labute approximate surface area is 136 Å². The molecule has 1 aromatic carbocycles. The number of nitrogens with zero attached hydrogens (tertiary/aromatic N) is 1. The molecule has 0 bridgehead atoms. The second kappa shape index (κ2) is 4.96. The number of carbonyl (C=O) groups is 1. The van der Waals surface area contributed by atoms with Crippen molar-refractivity contribution in [1.82, 2.24) is 10.3 Å². The van der Waals surface area contributed by atoms with Crippen molar-refractivity contribution in [3.05, 3.63) is 59.2 Å². The van der Waals surface area contributed by atoms with Crippen LogP contribution in [0.2, 0.25) is 0 Å². The molecule has 2 aromatic rings. The van der Waals surface area contributed by atoms with Crippen LogP contribution in [0.5, 0.6) is 0 Å². The highest BCUT2D eigenvalue weighted by atomic mass is 19.3. The summed E-state index contributed by atoms with van der Waals surface area (Å²) in [5.41, 5.74) is 0.139. The summed E-state index contributed by atoms with van der Waals surface area (Å²) in [6, 6.07) is 7.48. The maximum absolute atomic E-state index is 13.5. The van der Waals surface area contributed by atoms with Crippen molar-refractivity contribution >= 4 is 11.6 Å². The third-order valence-corrected chi connectivity index (χ3v) is 4.48. The molecule has 1 fully saturated rings. The summed E-state index contributed by atoms with van der Waals surface area (Å²) in [6.45, 7) is -0.520.